The first-order chi connectivity index (χ1) is 5.16. The molecule has 2 fully saturated rings. The zero-order valence-electron chi connectivity index (χ0n) is 6.47. The van der Waals surface area contributed by atoms with E-state index in [4.69, 9.17) is 0 Å². The Morgan fingerprint density at radius 3 is 2.36 bits per heavy atom. The minimum atomic E-state index is -2.71. The van der Waals surface area contributed by atoms with Gasteiger partial charge in [0.05, 0.1) is 10.5 Å². The van der Waals surface area contributed by atoms with E-state index in [1.54, 1.807) is 0 Å². The molecule has 4 heteroatoms. The Morgan fingerprint density at radius 2 is 2.09 bits per heavy atom. The molecule has 0 radical (unpaired) electrons. The van der Waals surface area contributed by atoms with Crippen molar-refractivity contribution in [1.82, 2.24) is 5.32 Å². The number of rotatable bonds is 0. The number of nitrogens with one attached hydrogen (secondary N) is 1. The fourth-order valence-electron chi connectivity index (χ4n) is 1.98. The standard InChI is InChI=1S/C7H13NO2S/c9-11(10)5-3-7(11)2-1-4-8-6-7/h8H,1-6H2. The van der Waals surface area contributed by atoms with Crippen molar-refractivity contribution in [3.8, 4) is 0 Å². The lowest BCUT2D eigenvalue weighted by atomic mass is 9.95. The van der Waals surface area contributed by atoms with E-state index in [0.717, 1.165) is 25.8 Å². The summed E-state index contributed by atoms with van der Waals surface area (Å²) in [6, 6.07) is 0. The van der Waals surface area contributed by atoms with Crippen LogP contribution >= 0.6 is 0 Å². The summed E-state index contributed by atoms with van der Waals surface area (Å²) < 4.78 is 22.4. The molecule has 0 bridgehead atoms. The van der Waals surface area contributed by atoms with E-state index < -0.39 is 9.84 Å². The van der Waals surface area contributed by atoms with Gasteiger partial charge in [-0.3, -0.25) is 0 Å². The lowest BCUT2D eigenvalue weighted by Crippen LogP contribution is -2.59. The molecule has 64 valence electrons. The zero-order valence-corrected chi connectivity index (χ0v) is 7.28. The zero-order chi connectivity index (χ0) is 7.95. The summed E-state index contributed by atoms with van der Waals surface area (Å²) in [5.74, 6) is 0.411. The smallest absolute Gasteiger partial charge is 0.157 e. The molecule has 1 atom stereocenters. The van der Waals surface area contributed by atoms with Crippen LogP contribution in [0.5, 0.6) is 0 Å². The maximum Gasteiger partial charge on any atom is 0.157 e. The van der Waals surface area contributed by atoms with Gasteiger partial charge in [-0.2, -0.15) is 0 Å². The summed E-state index contributed by atoms with van der Waals surface area (Å²) in [5, 5.41) is 3.15. The molecule has 1 spiro atoms. The Labute approximate surface area is 67.1 Å². The van der Waals surface area contributed by atoms with Crippen LogP contribution in [0.4, 0.5) is 0 Å². The SMILES string of the molecule is O=S1(=O)CCC12CCCNC2. The Bertz CT molecular complexity index is 252. The molecule has 1 unspecified atom stereocenters. The summed E-state index contributed by atoms with van der Waals surface area (Å²) >= 11 is 0. The highest BCUT2D eigenvalue weighted by Crippen LogP contribution is 2.38. The van der Waals surface area contributed by atoms with Crippen LogP contribution in [0.25, 0.3) is 0 Å². The molecule has 0 aromatic carbocycles. The van der Waals surface area contributed by atoms with Crippen LogP contribution in [0.2, 0.25) is 0 Å². The lowest BCUT2D eigenvalue weighted by Gasteiger charge is -2.43. The maximum absolute atomic E-state index is 11.4. The van der Waals surface area contributed by atoms with Gasteiger partial charge in [0, 0.05) is 6.54 Å². The topological polar surface area (TPSA) is 46.2 Å². The highest BCUT2D eigenvalue weighted by Gasteiger charge is 2.51. The van der Waals surface area contributed by atoms with Crippen LogP contribution in [-0.4, -0.2) is 32.0 Å². The summed E-state index contributed by atoms with van der Waals surface area (Å²) in [6.45, 7) is 1.67. The Kier molecular flexibility index (Phi) is 1.51. The van der Waals surface area contributed by atoms with Crippen LogP contribution in [0, 0.1) is 0 Å². The number of hydrogen-bond donors (Lipinski definition) is 1. The van der Waals surface area contributed by atoms with Crippen molar-refractivity contribution < 1.29 is 8.42 Å². The molecule has 0 aromatic heterocycles. The van der Waals surface area contributed by atoms with E-state index in [1.807, 2.05) is 0 Å². The molecular weight excluding hydrogens is 162 g/mol. The maximum atomic E-state index is 11.4. The number of piperidine rings is 1. The number of hydrogen-bond acceptors (Lipinski definition) is 3. The molecule has 2 aliphatic rings. The van der Waals surface area contributed by atoms with Gasteiger partial charge in [0.2, 0.25) is 0 Å². The monoisotopic (exact) mass is 175 g/mol. The van der Waals surface area contributed by atoms with Crippen LogP contribution in [-0.2, 0) is 9.84 Å². The van der Waals surface area contributed by atoms with Gasteiger partial charge in [-0.05, 0) is 25.8 Å². The van der Waals surface area contributed by atoms with Crippen molar-refractivity contribution >= 4 is 9.84 Å². The summed E-state index contributed by atoms with van der Waals surface area (Å²) in [7, 11) is -2.71. The third-order valence-corrected chi connectivity index (χ3v) is 5.53. The predicted octanol–water partition coefficient (Wildman–Crippen LogP) is -0.0729. The second-order valence-electron chi connectivity index (χ2n) is 3.53. The number of sulfone groups is 1. The molecule has 2 rings (SSSR count). The van der Waals surface area contributed by atoms with E-state index in [9.17, 15) is 8.42 Å². The Hall–Kier alpha value is -0.0900. The molecule has 0 aromatic rings. The average Bonchev–Trinajstić information content (AvgIpc) is 2.04. The van der Waals surface area contributed by atoms with E-state index in [1.165, 1.54) is 0 Å². The molecule has 0 amide bonds. The highest BCUT2D eigenvalue weighted by atomic mass is 32.2. The lowest BCUT2D eigenvalue weighted by molar-refractivity contribution is 0.353. The quantitative estimate of drug-likeness (QED) is 0.560. The Balaban J connectivity index is 2.22. The van der Waals surface area contributed by atoms with Gasteiger partial charge < -0.3 is 5.32 Å². The van der Waals surface area contributed by atoms with Gasteiger partial charge in [0.25, 0.3) is 0 Å². The summed E-state index contributed by atoms with van der Waals surface area (Å²) in [5.41, 5.74) is 0. The van der Waals surface area contributed by atoms with Gasteiger partial charge in [-0.1, -0.05) is 0 Å². The van der Waals surface area contributed by atoms with Crippen molar-refractivity contribution in [2.45, 2.75) is 24.0 Å². The van der Waals surface area contributed by atoms with Crippen molar-refractivity contribution in [3.63, 3.8) is 0 Å². The Morgan fingerprint density at radius 1 is 1.27 bits per heavy atom. The molecule has 0 saturated carbocycles. The van der Waals surface area contributed by atoms with Gasteiger partial charge in [-0.15, -0.1) is 0 Å². The van der Waals surface area contributed by atoms with Crippen molar-refractivity contribution in [1.29, 1.82) is 0 Å². The van der Waals surface area contributed by atoms with E-state index in [2.05, 4.69) is 5.32 Å². The fraction of sp³-hybridized carbons (Fsp3) is 1.00. The largest absolute Gasteiger partial charge is 0.315 e. The predicted molar refractivity (Wildman–Crippen MR) is 43.2 cm³/mol. The molecule has 2 saturated heterocycles. The molecular formula is C7H13NO2S. The highest BCUT2D eigenvalue weighted by molar-refractivity contribution is 7.94. The van der Waals surface area contributed by atoms with Gasteiger partial charge in [0.1, 0.15) is 0 Å². The summed E-state index contributed by atoms with van der Waals surface area (Å²) in [6.07, 6.45) is 2.77. The van der Waals surface area contributed by atoms with Gasteiger partial charge >= 0.3 is 0 Å². The van der Waals surface area contributed by atoms with Gasteiger partial charge in [0.15, 0.2) is 9.84 Å². The first-order valence-electron chi connectivity index (χ1n) is 4.09. The second-order valence-corrected chi connectivity index (χ2v) is 6.04. The van der Waals surface area contributed by atoms with Crippen LogP contribution in [0.1, 0.15) is 19.3 Å². The molecule has 2 aliphatic heterocycles. The minimum absolute atomic E-state index is 0.342. The van der Waals surface area contributed by atoms with Crippen molar-refractivity contribution in [2.75, 3.05) is 18.8 Å². The molecule has 11 heavy (non-hydrogen) atoms. The van der Waals surface area contributed by atoms with Crippen LogP contribution < -0.4 is 5.32 Å². The molecule has 3 nitrogen and oxygen atoms in total. The second kappa shape index (κ2) is 2.20. The fourth-order valence-corrected chi connectivity index (χ4v) is 3.87. The van der Waals surface area contributed by atoms with Crippen molar-refractivity contribution in [3.05, 3.63) is 0 Å². The van der Waals surface area contributed by atoms with E-state index >= 15 is 0 Å². The molecule has 1 N–H and O–H groups in total. The van der Waals surface area contributed by atoms with E-state index in [0.29, 0.717) is 12.3 Å². The normalized spacial score (nSPS) is 41.8. The molecule has 0 aliphatic carbocycles. The van der Waals surface area contributed by atoms with Crippen molar-refractivity contribution in [2.24, 2.45) is 0 Å². The first-order valence-corrected chi connectivity index (χ1v) is 5.75. The average molecular weight is 175 g/mol. The summed E-state index contributed by atoms with van der Waals surface area (Å²) in [4.78, 5) is 0. The van der Waals surface area contributed by atoms with Gasteiger partial charge in [-0.25, -0.2) is 8.42 Å². The molecule has 2 heterocycles. The minimum Gasteiger partial charge on any atom is -0.315 e. The first kappa shape index (κ1) is 7.55. The third kappa shape index (κ3) is 0.924. The van der Waals surface area contributed by atoms with E-state index in [-0.39, 0.29) is 4.75 Å². The third-order valence-electron chi connectivity index (χ3n) is 2.92. The van der Waals surface area contributed by atoms with Crippen LogP contribution in [0.15, 0.2) is 0 Å². The van der Waals surface area contributed by atoms with Crippen LogP contribution in [0.3, 0.4) is 0 Å².